The molecule has 0 aromatic carbocycles. The van der Waals surface area contributed by atoms with Crippen LogP contribution in [0, 0.1) is 5.92 Å². The summed E-state index contributed by atoms with van der Waals surface area (Å²) < 4.78 is 59.6. The largest absolute Gasteiger partial charge is 0.417 e. The van der Waals surface area contributed by atoms with Crippen LogP contribution in [0.1, 0.15) is 25.7 Å². The van der Waals surface area contributed by atoms with Crippen LogP contribution in [0.3, 0.4) is 0 Å². The molecule has 1 fully saturated rings. The lowest BCUT2D eigenvalue weighted by atomic mass is 9.81. The maximum Gasteiger partial charge on any atom is 0.417 e. The zero-order valence-electron chi connectivity index (χ0n) is 6.80. The molecule has 0 aromatic rings. The first kappa shape index (κ1) is 10.5. The quantitative estimate of drug-likeness (QED) is 0.593. The van der Waals surface area contributed by atoms with Crippen LogP contribution in [0.25, 0.3) is 0 Å². The van der Waals surface area contributed by atoms with Gasteiger partial charge in [-0.3, -0.25) is 0 Å². The highest BCUT2D eigenvalue weighted by molar-refractivity contribution is 5.11. The fourth-order valence-corrected chi connectivity index (χ4v) is 1.29. The maximum atomic E-state index is 12.0. The number of allylic oxidation sites excluding steroid dienone is 1. The van der Waals surface area contributed by atoms with E-state index in [1.165, 1.54) is 0 Å². The van der Waals surface area contributed by atoms with Gasteiger partial charge in [-0.05, 0) is 12.3 Å². The smallest absolute Gasteiger partial charge is 0.173 e. The molecule has 5 heteroatoms. The van der Waals surface area contributed by atoms with Crippen LogP contribution in [-0.4, -0.2) is 6.18 Å². The third-order valence-electron chi connectivity index (χ3n) is 2.29. The van der Waals surface area contributed by atoms with Crippen molar-refractivity contribution in [3.8, 4) is 0 Å². The van der Waals surface area contributed by atoms with Gasteiger partial charge in [0.1, 0.15) is 0 Å². The third-order valence-corrected chi connectivity index (χ3v) is 2.29. The molecule has 0 spiro atoms. The van der Waals surface area contributed by atoms with Crippen molar-refractivity contribution in [3.63, 3.8) is 0 Å². The molecule has 0 nitrogen and oxygen atoms in total. The van der Waals surface area contributed by atoms with E-state index >= 15 is 0 Å². The van der Waals surface area contributed by atoms with E-state index in [1.54, 1.807) is 0 Å². The average Bonchev–Trinajstić information content (AvgIpc) is 1.79. The molecular formula is C8H9F5. The Labute approximate surface area is 72.4 Å². The predicted molar refractivity (Wildman–Crippen MR) is 37.3 cm³/mol. The summed E-state index contributed by atoms with van der Waals surface area (Å²) in [6.45, 7) is 0. The summed E-state index contributed by atoms with van der Waals surface area (Å²) in [7, 11) is 0. The van der Waals surface area contributed by atoms with Gasteiger partial charge >= 0.3 is 6.18 Å². The Balaban J connectivity index is 2.64. The third kappa shape index (κ3) is 2.67. The molecule has 1 rings (SSSR count). The first-order valence-electron chi connectivity index (χ1n) is 4.02. The fourth-order valence-electron chi connectivity index (χ4n) is 1.29. The predicted octanol–water partition coefficient (Wildman–Crippen LogP) is 3.89. The van der Waals surface area contributed by atoms with E-state index in [0.29, 0.717) is 12.8 Å². The van der Waals surface area contributed by atoms with Crippen molar-refractivity contribution in [3.05, 3.63) is 11.7 Å². The van der Waals surface area contributed by atoms with E-state index in [9.17, 15) is 22.0 Å². The molecule has 0 radical (unpaired) electrons. The van der Waals surface area contributed by atoms with Crippen molar-refractivity contribution >= 4 is 0 Å². The van der Waals surface area contributed by atoms with Gasteiger partial charge in [-0.2, -0.15) is 22.0 Å². The summed E-state index contributed by atoms with van der Waals surface area (Å²) >= 11 is 0. The highest BCUT2D eigenvalue weighted by Gasteiger charge is 2.39. The van der Waals surface area contributed by atoms with Crippen molar-refractivity contribution < 1.29 is 22.0 Å². The van der Waals surface area contributed by atoms with Gasteiger partial charge in [0.15, 0.2) is 0 Å². The summed E-state index contributed by atoms with van der Waals surface area (Å²) in [4.78, 5) is 0. The van der Waals surface area contributed by atoms with Crippen LogP contribution in [0.15, 0.2) is 11.7 Å². The molecule has 76 valence electrons. The number of hydrogen-bond acceptors (Lipinski definition) is 0. The maximum absolute atomic E-state index is 12.0. The molecule has 0 bridgehead atoms. The Hall–Kier alpha value is -0.610. The molecule has 0 aliphatic heterocycles. The number of alkyl halides is 3. The van der Waals surface area contributed by atoms with Crippen LogP contribution in [0.2, 0.25) is 0 Å². The average molecular weight is 200 g/mol. The van der Waals surface area contributed by atoms with Crippen LogP contribution in [0.4, 0.5) is 22.0 Å². The number of rotatable bonds is 2. The number of halogens is 5. The Morgan fingerprint density at radius 3 is 1.92 bits per heavy atom. The Morgan fingerprint density at radius 1 is 1.15 bits per heavy atom. The molecule has 0 saturated heterocycles. The van der Waals surface area contributed by atoms with Gasteiger partial charge in [-0.1, -0.05) is 19.3 Å². The van der Waals surface area contributed by atoms with Crippen molar-refractivity contribution in [1.29, 1.82) is 0 Å². The minimum Gasteiger partial charge on any atom is -0.173 e. The highest BCUT2D eigenvalue weighted by atomic mass is 19.4. The monoisotopic (exact) mass is 200 g/mol. The minimum atomic E-state index is -4.87. The van der Waals surface area contributed by atoms with Gasteiger partial charge in [0.2, 0.25) is 0 Å². The zero-order valence-corrected chi connectivity index (χ0v) is 6.80. The molecule has 0 atom stereocenters. The molecule has 0 aromatic heterocycles. The van der Waals surface area contributed by atoms with Gasteiger partial charge in [-0.15, -0.1) is 0 Å². The molecule has 0 heterocycles. The lowest BCUT2D eigenvalue weighted by Crippen LogP contribution is -2.20. The van der Waals surface area contributed by atoms with Crippen LogP contribution in [0.5, 0.6) is 0 Å². The molecule has 0 amide bonds. The number of hydrogen-bond donors (Lipinski definition) is 0. The standard InChI is InChI=1S/C8H9F5/c9-7(10)6(8(11,12)13)4-5-2-1-3-5/h5H,1-4H2. The van der Waals surface area contributed by atoms with E-state index in [-0.39, 0.29) is 5.92 Å². The van der Waals surface area contributed by atoms with Gasteiger partial charge in [-0.25, -0.2) is 0 Å². The molecule has 1 saturated carbocycles. The molecule has 13 heavy (non-hydrogen) atoms. The summed E-state index contributed by atoms with van der Waals surface area (Å²) in [6, 6.07) is 0. The second-order valence-corrected chi connectivity index (χ2v) is 3.24. The van der Waals surface area contributed by atoms with Crippen LogP contribution < -0.4 is 0 Å². The molecule has 0 unspecified atom stereocenters. The first-order valence-corrected chi connectivity index (χ1v) is 4.02. The Kier molecular flexibility index (Phi) is 2.93. The molecule has 1 aliphatic rings. The fraction of sp³-hybridized carbons (Fsp3) is 0.750. The van der Waals surface area contributed by atoms with Crippen molar-refractivity contribution in [2.75, 3.05) is 0 Å². The zero-order chi connectivity index (χ0) is 10.1. The van der Waals surface area contributed by atoms with E-state index in [1.807, 2.05) is 0 Å². The molecule has 1 aliphatic carbocycles. The topological polar surface area (TPSA) is 0 Å². The second kappa shape index (κ2) is 3.64. The highest BCUT2D eigenvalue weighted by Crippen LogP contribution is 2.39. The van der Waals surface area contributed by atoms with E-state index < -0.39 is 24.3 Å². The summed E-state index contributed by atoms with van der Waals surface area (Å²) in [5.41, 5.74) is -1.64. The van der Waals surface area contributed by atoms with Crippen LogP contribution >= 0.6 is 0 Å². The Bertz CT molecular complexity index is 207. The SMILES string of the molecule is FC(F)=C(CC1CCC1)C(F)(F)F. The normalized spacial score (nSPS) is 18.2. The van der Waals surface area contributed by atoms with Crippen LogP contribution in [-0.2, 0) is 0 Å². The van der Waals surface area contributed by atoms with Crippen molar-refractivity contribution in [1.82, 2.24) is 0 Å². The van der Waals surface area contributed by atoms with E-state index in [2.05, 4.69) is 0 Å². The van der Waals surface area contributed by atoms with Gasteiger partial charge < -0.3 is 0 Å². The van der Waals surface area contributed by atoms with Gasteiger partial charge in [0.25, 0.3) is 6.08 Å². The lowest BCUT2D eigenvalue weighted by Gasteiger charge is -2.26. The first-order chi connectivity index (χ1) is 5.91. The van der Waals surface area contributed by atoms with E-state index in [0.717, 1.165) is 6.42 Å². The van der Waals surface area contributed by atoms with Gasteiger partial charge in [0.05, 0.1) is 5.57 Å². The summed E-state index contributed by atoms with van der Waals surface area (Å²) in [5.74, 6) is -0.196. The second-order valence-electron chi connectivity index (χ2n) is 3.24. The summed E-state index contributed by atoms with van der Waals surface area (Å²) in [5, 5.41) is 0. The minimum absolute atomic E-state index is 0.196. The lowest BCUT2D eigenvalue weighted by molar-refractivity contribution is -0.0998. The van der Waals surface area contributed by atoms with Gasteiger partial charge in [0, 0.05) is 0 Å². The molecular weight excluding hydrogens is 191 g/mol. The van der Waals surface area contributed by atoms with Crippen molar-refractivity contribution in [2.45, 2.75) is 31.9 Å². The summed E-state index contributed by atoms with van der Waals surface area (Å²) in [6.07, 6.45) is -5.86. The van der Waals surface area contributed by atoms with Crippen molar-refractivity contribution in [2.24, 2.45) is 5.92 Å². The van der Waals surface area contributed by atoms with E-state index in [4.69, 9.17) is 0 Å². The molecule has 0 N–H and O–H groups in total. The Morgan fingerprint density at radius 2 is 1.69 bits per heavy atom.